The number of likely N-dealkylation sites (tertiary alicyclic amines) is 2. The van der Waals surface area contributed by atoms with Gasteiger partial charge in [-0.1, -0.05) is 25.1 Å². The minimum absolute atomic E-state index is 0.0114. The van der Waals surface area contributed by atoms with Crippen LogP contribution in [0.3, 0.4) is 0 Å². The van der Waals surface area contributed by atoms with Gasteiger partial charge < -0.3 is 19.5 Å². The van der Waals surface area contributed by atoms with Gasteiger partial charge in [-0.25, -0.2) is 4.98 Å². The molecule has 7 heteroatoms. The van der Waals surface area contributed by atoms with Crippen molar-refractivity contribution in [2.75, 3.05) is 39.3 Å². The van der Waals surface area contributed by atoms with E-state index in [1.54, 1.807) is 0 Å². The fourth-order valence-corrected chi connectivity index (χ4v) is 5.27. The zero-order valence-corrected chi connectivity index (χ0v) is 20.4. The van der Waals surface area contributed by atoms with Crippen molar-refractivity contribution >= 4 is 22.9 Å². The first-order valence-electron chi connectivity index (χ1n) is 12.8. The van der Waals surface area contributed by atoms with Crippen molar-refractivity contribution in [3.05, 3.63) is 54.1 Å². The molecule has 35 heavy (non-hydrogen) atoms. The largest absolute Gasteiger partial charge is 0.436 e. The van der Waals surface area contributed by atoms with Gasteiger partial charge in [-0.2, -0.15) is 0 Å². The van der Waals surface area contributed by atoms with E-state index in [2.05, 4.69) is 15.2 Å². The standard InChI is InChI=1S/C28H34N4O3/c1-20(26(33)29-13-18-31-14-5-6-15-31)21-11-16-32(17-12-21)28(34)23-9-10-25-24(19-23)30-27(35-25)22-7-3-2-4-8-22/h2-4,7-10,19-21H,5-6,11-18H2,1H3,(H,29,33). The molecule has 2 saturated heterocycles. The number of aromatic nitrogens is 1. The van der Waals surface area contributed by atoms with Crippen LogP contribution in [0.5, 0.6) is 0 Å². The molecule has 0 aliphatic carbocycles. The summed E-state index contributed by atoms with van der Waals surface area (Å²) in [4.78, 5) is 34.7. The van der Waals surface area contributed by atoms with E-state index in [4.69, 9.17) is 4.42 Å². The van der Waals surface area contributed by atoms with Crippen molar-refractivity contribution < 1.29 is 14.0 Å². The summed E-state index contributed by atoms with van der Waals surface area (Å²) in [6.45, 7) is 7.31. The van der Waals surface area contributed by atoms with Gasteiger partial charge in [0.15, 0.2) is 5.58 Å². The lowest BCUT2D eigenvalue weighted by Gasteiger charge is -2.34. The molecule has 5 rings (SSSR count). The second kappa shape index (κ2) is 10.6. The van der Waals surface area contributed by atoms with E-state index >= 15 is 0 Å². The lowest BCUT2D eigenvalue weighted by atomic mass is 9.84. The van der Waals surface area contributed by atoms with Crippen molar-refractivity contribution in [1.82, 2.24) is 20.1 Å². The topological polar surface area (TPSA) is 78.7 Å². The van der Waals surface area contributed by atoms with Gasteiger partial charge in [-0.15, -0.1) is 0 Å². The number of carbonyl (C=O) groups excluding carboxylic acids is 2. The number of rotatable bonds is 7. The van der Waals surface area contributed by atoms with Crippen LogP contribution in [0.1, 0.15) is 43.0 Å². The maximum atomic E-state index is 13.2. The fourth-order valence-electron chi connectivity index (χ4n) is 5.27. The second-order valence-corrected chi connectivity index (χ2v) is 9.83. The van der Waals surface area contributed by atoms with E-state index in [-0.39, 0.29) is 17.7 Å². The Kier molecular flexibility index (Phi) is 7.13. The second-order valence-electron chi connectivity index (χ2n) is 9.83. The molecular formula is C28H34N4O3. The lowest BCUT2D eigenvalue weighted by Crippen LogP contribution is -2.43. The molecule has 1 unspecified atom stereocenters. The zero-order chi connectivity index (χ0) is 24.2. The molecule has 2 aliphatic rings. The molecule has 0 radical (unpaired) electrons. The van der Waals surface area contributed by atoms with Crippen molar-refractivity contribution in [2.24, 2.45) is 11.8 Å². The van der Waals surface area contributed by atoms with Crippen LogP contribution in [0, 0.1) is 11.8 Å². The molecule has 1 aromatic heterocycles. The number of hydrogen-bond acceptors (Lipinski definition) is 5. The van der Waals surface area contributed by atoms with Crippen molar-refractivity contribution in [3.63, 3.8) is 0 Å². The van der Waals surface area contributed by atoms with Crippen molar-refractivity contribution in [3.8, 4) is 11.5 Å². The minimum Gasteiger partial charge on any atom is -0.436 e. The lowest BCUT2D eigenvalue weighted by molar-refractivity contribution is -0.126. The summed E-state index contributed by atoms with van der Waals surface area (Å²) in [5.41, 5.74) is 2.89. The fraction of sp³-hybridized carbons (Fsp3) is 0.464. The van der Waals surface area contributed by atoms with Crippen LogP contribution >= 0.6 is 0 Å². The normalized spacial score (nSPS) is 18.1. The third-order valence-corrected chi connectivity index (χ3v) is 7.53. The molecule has 0 bridgehead atoms. The van der Waals surface area contributed by atoms with Crippen LogP contribution in [0.25, 0.3) is 22.6 Å². The number of carbonyl (C=O) groups is 2. The molecule has 1 N–H and O–H groups in total. The van der Waals surface area contributed by atoms with Gasteiger partial charge in [0.1, 0.15) is 5.52 Å². The predicted octanol–water partition coefficient (Wildman–Crippen LogP) is 4.20. The molecular weight excluding hydrogens is 440 g/mol. The molecule has 2 aromatic carbocycles. The van der Waals surface area contributed by atoms with Gasteiger partial charge in [-0.05, 0) is 75.0 Å². The van der Waals surface area contributed by atoms with Gasteiger partial charge in [0.05, 0.1) is 0 Å². The number of nitrogens with one attached hydrogen (secondary N) is 1. The van der Waals surface area contributed by atoms with E-state index in [0.29, 0.717) is 41.6 Å². The van der Waals surface area contributed by atoms with Crippen LogP contribution < -0.4 is 5.32 Å². The molecule has 2 amide bonds. The highest BCUT2D eigenvalue weighted by molar-refractivity contribution is 5.97. The maximum absolute atomic E-state index is 13.2. The minimum atomic E-state index is -0.0336. The number of amides is 2. The summed E-state index contributed by atoms with van der Waals surface area (Å²) in [5.74, 6) is 0.974. The highest BCUT2D eigenvalue weighted by atomic mass is 16.3. The number of nitrogens with zero attached hydrogens (tertiary/aromatic N) is 3. The first kappa shape index (κ1) is 23.5. The highest BCUT2D eigenvalue weighted by Crippen LogP contribution is 2.28. The van der Waals surface area contributed by atoms with Gasteiger partial charge in [0, 0.05) is 43.2 Å². The number of oxazole rings is 1. The smallest absolute Gasteiger partial charge is 0.253 e. The Balaban J connectivity index is 1.14. The third kappa shape index (κ3) is 5.40. The van der Waals surface area contributed by atoms with E-state index < -0.39 is 0 Å². The zero-order valence-electron chi connectivity index (χ0n) is 20.4. The third-order valence-electron chi connectivity index (χ3n) is 7.53. The average Bonchev–Trinajstić information content (AvgIpc) is 3.58. The van der Waals surface area contributed by atoms with E-state index in [9.17, 15) is 9.59 Å². The Labute approximate surface area is 206 Å². The van der Waals surface area contributed by atoms with E-state index in [0.717, 1.165) is 44.6 Å². The monoisotopic (exact) mass is 474 g/mol. The number of fused-ring (bicyclic) bond motifs is 1. The average molecular weight is 475 g/mol. The van der Waals surface area contributed by atoms with Gasteiger partial charge in [0.25, 0.3) is 5.91 Å². The summed E-state index contributed by atoms with van der Waals surface area (Å²) in [6, 6.07) is 15.2. The molecule has 184 valence electrons. The first-order valence-corrected chi connectivity index (χ1v) is 12.8. The summed E-state index contributed by atoms with van der Waals surface area (Å²) in [6.07, 6.45) is 4.22. The predicted molar refractivity (Wildman–Crippen MR) is 136 cm³/mol. The summed E-state index contributed by atoms with van der Waals surface area (Å²) >= 11 is 0. The molecule has 2 aliphatic heterocycles. The van der Waals surface area contributed by atoms with Gasteiger partial charge in [-0.3, -0.25) is 9.59 Å². The highest BCUT2D eigenvalue weighted by Gasteiger charge is 2.30. The van der Waals surface area contributed by atoms with Gasteiger partial charge >= 0.3 is 0 Å². The Morgan fingerprint density at radius 1 is 1.06 bits per heavy atom. The molecule has 3 aromatic rings. The number of piperidine rings is 1. The van der Waals surface area contributed by atoms with Crippen molar-refractivity contribution in [1.29, 1.82) is 0 Å². The van der Waals surface area contributed by atoms with Gasteiger partial charge in [0.2, 0.25) is 11.8 Å². The Morgan fingerprint density at radius 3 is 2.54 bits per heavy atom. The SMILES string of the molecule is CC(C(=O)NCCN1CCCC1)C1CCN(C(=O)c2ccc3oc(-c4ccccc4)nc3c2)CC1. The molecule has 2 fully saturated rings. The molecule has 0 spiro atoms. The van der Waals surface area contributed by atoms with Crippen LogP contribution in [0.15, 0.2) is 52.9 Å². The maximum Gasteiger partial charge on any atom is 0.253 e. The molecule has 0 saturated carbocycles. The van der Waals surface area contributed by atoms with E-state index in [1.807, 2.05) is 60.4 Å². The van der Waals surface area contributed by atoms with E-state index in [1.165, 1.54) is 12.8 Å². The van der Waals surface area contributed by atoms with Crippen LogP contribution in [-0.4, -0.2) is 65.9 Å². The first-order chi connectivity index (χ1) is 17.1. The Morgan fingerprint density at radius 2 is 1.80 bits per heavy atom. The summed E-state index contributed by atoms with van der Waals surface area (Å²) in [7, 11) is 0. The van der Waals surface area contributed by atoms with Crippen molar-refractivity contribution in [2.45, 2.75) is 32.6 Å². The van der Waals surface area contributed by atoms with Crippen LogP contribution in [0.2, 0.25) is 0 Å². The Hall–Kier alpha value is -3.19. The molecule has 7 nitrogen and oxygen atoms in total. The summed E-state index contributed by atoms with van der Waals surface area (Å²) < 4.78 is 5.88. The number of hydrogen-bond donors (Lipinski definition) is 1. The Bertz CT molecular complexity index is 1160. The van der Waals surface area contributed by atoms with Crippen LogP contribution in [-0.2, 0) is 4.79 Å². The quantitative estimate of drug-likeness (QED) is 0.555. The molecule has 1 atom stereocenters. The van der Waals surface area contributed by atoms with Crippen LogP contribution in [0.4, 0.5) is 0 Å². The summed E-state index contributed by atoms with van der Waals surface area (Å²) in [5, 5.41) is 3.12. The number of benzene rings is 2. The molecule has 3 heterocycles.